The van der Waals surface area contributed by atoms with Crippen LogP contribution in [0.4, 0.5) is 14.5 Å². The highest BCUT2D eigenvalue weighted by atomic mass is 35.5. The number of anilines is 1. The fourth-order valence-electron chi connectivity index (χ4n) is 1.95. The van der Waals surface area contributed by atoms with Crippen LogP contribution in [0.1, 0.15) is 26.3 Å². The van der Waals surface area contributed by atoms with Crippen LogP contribution in [0.15, 0.2) is 48.5 Å². The van der Waals surface area contributed by atoms with Gasteiger partial charge in [-0.25, -0.2) is 0 Å². The van der Waals surface area contributed by atoms with Crippen molar-refractivity contribution in [1.82, 2.24) is 0 Å². The molecule has 0 spiro atoms. The van der Waals surface area contributed by atoms with Crippen LogP contribution in [0.25, 0.3) is 0 Å². The summed E-state index contributed by atoms with van der Waals surface area (Å²) in [5.74, 6) is -1.64. The van der Waals surface area contributed by atoms with Crippen LogP contribution in [-0.4, -0.2) is 12.0 Å². The lowest BCUT2D eigenvalue weighted by molar-refractivity contribution is -0.187. The SMILES string of the molecule is CC(C)(C)c1ccc(OC(F)(F)C(=O)Nc2ccc(Cl)cc2)cc1. The number of amides is 1. The van der Waals surface area contributed by atoms with Crippen LogP contribution < -0.4 is 10.1 Å². The number of halogens is 3. The number of ether oxygens (including phenoxy) is 1. The molecule has 0 aliphatic heterocycles. The first-order valence-corrected chi connectivity index (χ1v) is 7.70. The molecule has 24 heavy (non-hydrogen) atoms. The largest absolute Gasteiger partial charge is 0.482 e. The quantitative estimate of drug-likeness (QED) is 0.815. The van der Waals surface area contributed by atoms with E-state index in [1.165, 1.54) is 36.4 Å². The number of benzene rings is 2. The zero-order valence-electron chi connectivity index (χ0n) is 13.6. The predicted octanol–water partition coefficient (Wildman–Crippen LogP) is 5.25. The first-order chi connectivity index (χ1) is 11.1. The van der Waals surface area contributed by atoms with Crippen molar-refractivity contribution in [2.45, 2.75) is 32.3 Å². The average molecular weight is 354 g/mol. The summed E-state index contributed by atoms with van der Waals surface area (Å²) in [4.78, 5) is 11.7. The second-order valence-electron chi connectivity index (χ2n) is 6.35. The van der Waals surface area contributed by atoms with E-state index < -0.39 is 12.0 Å². The van der Waals surface area contributed by atoms with Crippen LogP contribution in [-0.2, 0) is 10.2 Å². The van der Waals surface area contributed by atoms with E-state index in [1.807, 2.05) is 20.8 Å². The van der Waals surface area contributed by atoms with Crippen molar-refractivity contribution in [3.63, 3.8) is 0 Å². The van der Waals surface area contributed by atoms with Crippen LogP contribution >= 0.6 is 11.6 Å². The minimum atomic E-state index is -4.00. The van der Waals surface area contributed by atoms with Gasteiger partial charge in [-0.15, -0.1) is 0 Å². The molecular weight excluding hydrogens is 336 g/mol. The van der Waals surface area contributed by atoms with Gasteiger partial charge in [0.05, 0.1) is 0 Å². The van der Waals surface area contributed by atoms with Crippen molar-refractivity contribution >= 4 is 23.2 Å². The molecule has 0 unspecified atom stereocenters. The molecule has 0 aliphatic rings. The highest BCUT2D eigenvalue weighted by Gasteiger charge is 2.42. The predicted molar refractivity (Wildman–Crippen MR) is 90.8 cm³/mol. The fraction of sp³-hybridized carbons (Fsp3) is 0.278. The number of rotatable bonds is 4. The Morgan fingerprint density at radius 1 is 1.00 bits per heavy atom. The number of hydrogen-bond acceptors (Lipinski definition) is 2. The van der Waals surface area contributed by atoms with E-state index in [2.05, 4.69) is 10.1 Å². The van der Waals surface area contributed by atoms with Gasteiger partial charge < -0.3 is 10.1 Å². The minimum absolute atomic E-state index is 0.0840. The number of carbonyl (C=O) groups is 1. The molecule has 0 atom stereocenters. The number of nitrogens with one attached hydrogen (secondary N) is 1. The molecule has 0 bridgehead atoms. The van der Waals surface area contributed by atoms with Gasteiger partial charge in [0.1, 0.15) is 5.75 Å². The van der Waals surface area contributed by atoms with Crippen LogP contribution in [0.5, 0.6) is 5.75 Å². The lowest BCUT2D eigenvalue weighted by Gasteiger charge is -2.20. The monoisotopic (exact) mass is 353 g/mol. The highest BCUT2D eigenvalue weighted by Crippen LogP contribution is 2.27. The molecule has 128 valence electrons. The molecule has 1 N–H and O–H groups in total. The van der Waals surface area contributed by atoms with Crippen molar-refractivity contribution in [3.8, 4) is 5.75 Å². The molecule has 0 saturated heterocycles. The zero-order valence-corrected chi connectivity index (χ0v) is 14.3. The Morgan fingerprint density at radius 3 is 2.04 bits per heavy atom. The summed E-state index contributed by atoms with van der Waals surface area (Å²) >= 11 is 5.70. The van der Waals surface area contributed by atoms with E-state index >= 15 is 0 Å². The number of carbonyl (C=O) groups excluding carboxylic acids is 1. The van der Waals surface area contributed by atoms with Crippen molar-refractivity contribution < 1.29 is 18.3 Å². The Balaban J connectivity index is 2.06. The molecule has 6 heteroatoms. The molecule has 3 nitrogen and oxygen atoms in total. The van der Waals surface area contributed by atoms with Crippen LogP contribution in [0.2, 0.25) is 5.02 Å². The third-order valence-electron chi connectivity index (χ3n) is 3.33. The highest BCUT2D eigenvalue weighted by molar-refractivity contribution is 6.30. The van der Waals surface area contributed by atoms with Gasteiger partial charge in [0.25, 0.3) is 0 Å². The Bertz CT molecular complexity index is 707. The van der Waals surface area contributed by atoms with Crippen molar-refractivity contribution in [1.29, 1.82) is 0 Å². The van der Waals surface area contributed by atoms with Gasteiger partial charge in [-0.05, 0) is 47.4 Å². The molecule has 0 aromatic heterocycles. The Kier molecular flexibility index (Phi) is 5.13. The van der Waals surface area contributed by atoms with Crippen molar-refractivity contribution in [2.75, 3.05) is 5.32 Å². The summed E-state index contributed by atoms with van der Waals surface area (Å²) in [6.07, 6.45) is -4.00. The maximum Gasteiger partial charge on any atom is 0.482 e. The van der Waals surface area contributed by atoms with E-state index in [4.69, 9.17) is 11.6 Å². The maximum atomic E-state index is 13.9. The van der Waals surface area contributed by atoms with Gasteiger partial charge in [-0.1, -0.05) is 44.5 Å². The Labute approximate surface area is 144 Å². The molecule has 0 radical (unpaired) electrons. The summed E-state index contributed by atoms with van der Waals surface area (Å²) in [5.41, 5.74) is 1.08. The summed E-state index contributed by atoms with van der Waals surface area (Å²) in [5, 5.41) is 2.53. The molecule has 1 amide bonds. The third kappa shape index (κ3) is 4.68. The third-order valence-corrected chi connectivity index (χ3v) is 3.58. The average Bonchev–Trinajstić information content (AvgIpc) is 2.48. The maximum absolute atomic E-state index is 13.9. The molecule has 0 heterocycles. The van der Waals surface area contributed by atoms with E-state index in [-0.39, 0.29) is 16.9 Å². The topological polar surface area (TPSA) is 38.3 Å². The smallest absolute Gasteiger partial charge is 0.425 e. The van der Waals surface area contributed by atoms with E-state index in [9.17, 15) is 13.6 Å². The molecular formula is C18H18ClF2NO2. The lowest BCUT2D eigenvalue weighted by atomic mass is 9.87. The van der Waals surface area contributed by atoms with Crippen LogP contribution in [0.3, 0.4) is 0 Å². The molecule has 2 aromatic carbocycles. The first-order valence-electron chi connectivity index (χ1n) is 7.32. The van der Waals surface area contributed by atoms with E-state index in [0.29, 0.717) is 5.02 Å². The molecule has 0 saturated carbocycles. The molecule has 2 aromatic rings. The van der Waals surface area contributed by atoms with Gasteiger partial charge in [0.15, 0.2) is 0 Å². The van der Waals surface area contributed by atoms with E-state index in [1.54, 1.807) is 12.1 Å². The van der Waals surface area contributed by atoms with E-state index in [0.717, 1.165) is 5.56 Å². The first kappa shape index (κ1) is 18.2. The second-order valence-corrected chi connectivity index (χ2v) is 6.79. The van der Waals surface area contributed by atoms with Gasteiger partial charge in [-0.2, -0.15) is 8.78 Å². The minimum Gasteiger partial charge on any atom is -0.425 e. The summed E-state index contributed by atoms with van der Waals surface area (Å²) in [6.45, 7) is 6.03. The Hall–Kier alpha value is -2.14. The normalized spacial score (nSPS) is 11.9. The molecule has 0 aliphatic carbocycles. The van der Waals surface area contributed by atoms with Gasteiger partial charge >= 0.3 is 12.0 Å². The molecule has 0 fully saturated rings. The lowest BCUT2D eigenvalue weighted by Crippen LogP contribution is -2.40. The summed E-state index contributed by atoms with van der Waals surface area (Å²) < 4.78 is 32.4. The van der Waals surface area contributed by atoms with Gasteiger partial charge in [-0.3, -0.25) is 4.79 Å². The number of alkyl halides is 2. The summed E-state index contributed by atoms with van der Waals surface area (Å²) in [7, 11) is 0. The van der Waals surface area contributed by atoms with Gasteiger partial charge in [0, 0.05) is 10.7 Å². The second kappa shape index (κ2) is 6.77. The number of hydrogen-bond donors (Lipinski definition) is 1. The van der Waals surface area contributed by atoms with Crippen LogP contribution in [0, 0.1) is 0 Å². The van der Waals surface area contributed by atoms with Crippen molar-refractivity contribution in [2.24, 2.45) is 0 Å². The fourth-order valence-corrected chi connectivity index (χ4v) is 2.08. The van der Waals surface area contributed by atoms with Crippen molar-refractivity contribution in [3.05, 3.63) is 59.1 Å². The van der Waals surface area contributed by atoms with Gasteiger partial charge in [0.2, 0.25) is 0 Å². The Morgan fingerprint density at radius 2 is 1.54 bits per heavy atom. The standard InChI is InChI=1S/C18H18ClF2NO2/c1-17(2,3)12-4-10-15(11-5-12)24-18(20,21)16(23)22-14-8-6-13(19)7-9-14/h4-11H,1-3H3,(H,22,23). The summed E-state index contributed by atoms with van der Waals surface area (Å²) in [6, 6.07) is 12.1. The zero-order chi connectivity index (χ0) is 18.0. The molecule has 2 rings (SSSR count).